The average molecular weight is 370 g/mol. The number of ether oxygens (including phenoxy) is 2. The first-order valence-electron chi connectivity index (χ1n) is 5.66. The molecule has 0 spiro atoms. The van der Waals surface area contributed by atoms with Gasteiger partial charge in [-0.15, -0.1) is 0 Å². The standard InChI is InChI=1S/C11H22O2.2BrH.Mg/c1-2-3-4-5-6-7-8-11-12-9-10-13-11;;;/h11H,2-10H2,1H3;2*1H;/q;;;+2/p-2. The summed E-state index contributed by atoms with van der Waals surface area (Å²) in [5.74, 6) is 0. The van der Waals surface area contributed by atoms with Crippen molar-refractivity contribution < 1.29 is 43.4 Å². The monoisotopic (exact) mass is 368 g/mol. The third-order valence-corrected chi connectivity index (χ3v) is 2.48. The first kappa shape index (κ1) is 22.8. The van der Waals surface area contributed by atoms with Crippen molar-refractivity contribution in [1.82, 2.24) is 0 Å². The largest absolute Gasteiger partial charge is 2.00 e. The molecule has 0 radical (unpaired) electrons. The Kier molecular flexibility index (Phi) is 23.7. The molecule has 1 aliphatic heterocycles. The van der Waals surface area contributed by atoms with Gasteiger partial charge in [-0.1, -0.05) is 39.0 Å². The van der Waals surface area contributed by atoms with Crippen LogP contribution in [0, 0.1) is 0 Å². The molecule has 1 heterocycles. The summed E-state index contributed by atoms with van der Waals surface area (Å²) in [4.78, 5) is 0. The zero-order valence-electron chi connectivity index (χ0n) is 10.2. The molecule has 1 rings (SSSR count). The Morgan fingerprint density at radius 3 is 1.94 bits per heavy atom. The Balaban J connectivity index is -0.000000563. The molecule has 0 aliphatic carbocycles. The molecule has 0 bridgehead atoms. The molecular weight excluding hydrogens is 348 g/mol. The van der Waals surface area contributed by atoms with Crippen molar-refractivity contribution in [3.63, 3.8) is 0 Å². The topological polar surface area (TPSA) is 18.5 Å². The molecule has 0 aromatic heterocycles. The summed E-state index contributed by atoms with van der Waals surface area (Å²) in [7, 11) is 0. The average Bonchev–Trinajstić information content (AvgIpc) is 2.63. The van der Waals surface area contributed by atoms with E-state index in [2.05, 4.69) is 6.92 Å². The van der Waals surface area contributed by atoms with Crippen LogP contribution in [0.25, 0.3) is 0 Å². The van der Waals surface area contributed by atoms with Gasteiger partial charge in [0.15, 0.2) is 6.29 Å². The number of hydrogen-bond acceptors (Lipinski definition) is 2. The van der Waals surface area contributed by atoms with Crippen molar-refractivity contribution in [2.24, 2.45) is 0 Å². The van der Waals surface area contributed by atoms with Crippen LogP contribution in [0.1, 0.15) is 51.9 Å². The summed E-state index contributed by atoms with van der Waals surface area (Å²) in [6, 6.07) is 0. The number of hydrogen-bond donors (Lipinski definition) is 0. The fourth-order valence-electron chi connectivity index (χ4n) is 1.67. The zero-order chi connectivity index (χ0) is 9.36. The maximum absolute atomic E-state index is 5.36. The molecule has 0 saturated carbocycles. The predicted octanol–water partition coefficient (Wildman–Crippen LogP) is -3.26. The van der Waals surface area contributed by atoms with Gasteiger partial charge in [-0.3, -0.25) is 0 Å². The SMILES string of the molecule is CCCCCCCCC1OCCO1.[Br-].[Br-].[Mg+2]. The zero-order valence-corrected chi connectivity index (χ0v) is 14.8. The molecule has 0 atom stereocenters. The van der Waals surface area contributed by atoms with Gasteiger partial charge in [-0.2, -0.15) is 0 Å². The van der Waals surface area contributed by atoms with Crippen molar-refractivity contribution in [2.75, 3.05) is 13.2 Å². The third kappa shape index (κ3) is 12.1. The second-order valence-corrected chi connectivity index (χ2v) is 3.73. The second-order valence-electron chi connectivity index (χ2n) is 3.73. The quantitative estimate of drug-likeness (QED) is 0.346. The van der Waals surface area contributed by atoms with Gasteiger partial charge >= 0.3 is 23.1 Å². The fraction of sp³-hybridized carbons (Fsp3) is 1.00. The predicted molar refractivity (Wildman–Crippen MR) is 59.4 cm³/mol. The molecule has 1 aliphatic rings. The van der Waals surface area contributed by atoms with Gasteiger partial charge in [0.25, 0.3) is 0 Å². The van der Waals surface area contributed by atoms with Gasteiger partial charge in [0.05, 0.1) is 13.2 Å². The number of unbranched alkanes of at least 4 members (excludes halogenated alkanes) is 5. The Bertz CT molecular complexity index is 123. The van der Waals surface area contributed by atoms with E-state index < -0.39 is 0 Å². The summed E-state index contributed by atoms with van der Waals surface area (Å²) in [6.07, 6.45) is 9.28. The number of rotatable bonds is 7. The van der Waals surface area contributed by atoms with E-state index in [0.717, 1.165) is 19.6 Å². The molecule has 0 N–H and O–H groups in total. The van der Waals surface area contributed by atoms with Crippen LogP contribution in [0.3, 0.4) is 0 Å². The van der Waals surface area contributed by atoms with E-state index >= 15 is 0 Å². The molecular formula is C11H22Br2MgO2. The van der Waals surface area contributed by atoms with Crippen LogP contribution in [-0.2, 0) is 9.47 Å². The maximum atomic E-state index is 5.36. The van der Waals surface area contributed by atoms with Crippen molar-refractivity contribution in [3.05, 3.63) is 0 Å². The van der Waals surface area contributed by atoms with E-state index in [4.69, 9.17) is 9.47 Å². The van der Waals surface area contributed by atoms with Crippen LogP contribution in [0.4, 0.5) is 0 Å². The van der Waals surface area contributed by atoms with Crippen LogP contribution in [0.2, 0.25) is 0 Å². The van der Waals surface area contributed by atoms with Crippen molar-refractivity contribution >= 4 is 23.1 Å². The van der Waals surface area contributed by atoms with Gasteiger partial charge in [0.1, 0.15) is 0 Å². The minimum absolute atomic E-state index is 0. The maximum Gasteiger partial charge on any atom is 2.00 e. The first-order valence-corrected chi connectivity index (χ1v) is 5.66. The van der Waals surface area contributed by atoms with Crippen molar-refractivity contribution in [1.29, 1.82) is 0 Å². The molecule has 0 unspecified atom stereocenters. The molecule has 1 fully saturated rings. The molecule has 94 valence electrons. The van der Waals surface area contributed by atoms with Crippen LogP contribution < -0.4 is 34.0 Å². The Labute approximate surface area is 137 Å². The summed E-state index contributed by atoms with van der Waals surface area (Å²) in [5.41, 5.74) is 0. The minimum atomic E-state index is 0. The van der Waals surface area contributed by atoms with E-state index in [-0.39, 0.29) is 63.3 Å². The summed E-state index contributed by atoms with van der Waals surface area (Å²) in [6.45, 7) is 3.83. The first-order chi connectivity index (χ1) is 6.43. The Morgan fingerprint density at radius 1 is 0.875 bits per heavy atom. The smallest absolute Gasteiger partial charge is 1.00 e. The number of halogens is 2. The molecule has 0 amide bonds. The van der Waals surface area contributed by atoms with Crippen LogP contribution >= 0.6 is 0 Å². The third-order valence-electron chi connectivity index (χ3n) is 2.48. The molecule has 2 nitrogen and oxygen atoms in total. The second kappa shape index (κ2) is 16.6. The molecule has 1 saturated heterocycles. The van der Waals surface area contributed by atoms with Crippen molar-refractivity contribution in [3.8, 4) is 0 Å². The van der Waals surface area contributed by atoms with Crippen LogP contribution in [0.15, 0.2) is 0 Å². The van der Waals surface area contributed by atoms with E-state index in [1.807, 2.05) is 0 Å². The summed E-state index contributed by atoms with van der Waals surface area (Å²) < 4.78 is 10.7. The van der Waals surface area contributed by atoms with E-state index in [1.165, 1.54) is 38.5 Å². The van der Waals surface area contributed by atoms with Gasteiger partial charge in [-0.25, -0.2) is 0 Å². The summed E-state index contributed by atoms with van der Waals surface area (Å²) in [5, 5.41) is 0. The van der Waals surface area contributed by atoms with Gasteiger partial charge in [0.2, 0.25) is 0 Å². The van der Waals surface area contributed by atoms with E-state index in [0.29, 0.717) is 0 Å². The molecule has 0 aromatic carbocycles. The molecule has 0 aromatic rings. The molecule has 16 heavy (non-hydrogen) atoms. The normalized spacial score (nSPS) is 14.8. The fourth-order valence-corrected chi connectivity index (χ4v) is 1.67. The van der Waals surface area contributed by atoms with Gasteiger partial charge < -0.3 is 43.4 Å². The minimum Gasteiger partial charge on any atom is -1.00 e. The van der Waals surface area contributed by atoms with Gasteiger partial charge in [-0.05, 0) is 12.8 Å². The Hall–Kier alpha value is 1.65. The Morgan fingerprint density at radius 2 is 1.38 bits per heavy atom. The molecule has 5 heteroatoms. The van der Waals surface area contributed by atoms with Gasteiger partial charge in [0, 0.05) is 0 Å². The van der Waals surface area contributed by atoms with Crippen molar-refractivity contribution in [2.45, 2.75) is 58.2 Å². The van der Waals surface area contributed by atoms with Crippen LogP contribution in [-0.4, -0.2) is 42.6 Å². The summed E-state index contributed by atoms with van der Waals surface area (Å²) >= 11 is 0. The van der Waals surface area contributed by atoms with E-state index in [1.54, 1.807) is 0 Å². The van der Waals surface area contributed by atoms with E-state index in [9.17, 15) is 0 Å². The van der Waals surface area contributed by atoms with Crippen LogP contribution in [0.5, 0.6) is 0 Å².